The number of nitrogens with zero attached hydrogens (tertiary/aromatic N) is 5. The van der Waals surface area contributed by atoms with Gasteiger partial charge < -0.3 is 14.4 Å². The number of aromatic nitrogens is 3. The average molecular weight is 694 g/mol. The van der Waals surface area contributed by atoms with E-state index in [1.54, 1.807) is 31.7 Å². The molecule has 46 heavy (non-hydrogen) atoms. The number of thiazole rings is 1. The molecule has 2 saturated heterocycles. The minimum atomic E-state index is -0.985. The van der Waals surface area contributed by atoms with Gasteiger partial charge in [-0.25, -0.2) is 23.9 Å². The SMILES string of the molecule is CC(C)(C)OC(=O)Nc1nc2c(-c3c(Cl)cc4c(N5CC6CCC(C5)N6C(=O)OC(C)(C)C)nc(F)nc4c3Cl)ccc(F)c2s1. The number of rotatable bonds is 3. The molecule has 10 nitrogen and oxygen atoms in total. The first-order chi connectivity index (χ1) is 21.5. The Kier molecular flexibility index (Phi) is 8.17. The van der Waals surface area contributed by atoms with Gasteiger partial charge in [0.15, 0.2) is 5.13 Å². The zero-order valence-corrected chi connectivity index (χ0v) is 28.3. The number of benzene rings is 2. The molecule has 0 aliphatic carbocycles. The average Bonchev–Trinajstić information content (AvgIpc) is 3.46. The fourth-order valence-electron chi connectivity index (χ4n) is 5.95. The molecule has 15 heteroatoms. The van der Waals surface area contributed by atoms with E-state index < -0.39 is 29.2 Å². The van der Waals surface area contributed by atoms with Gasteiger partial charge >= 0.3 is 18.3 Å². The summed E-state index contributed by atoms with van der Waals surface area (Å²) in [6, 6.07) is 4.03. The smallest absolute Gasteiger partial charge is 0.413 e. The number of anilines is 2. The van der Waals surface area contributed by atoms with Gasteiger partial charge in [-0.05, 0) is 72.6 Å². The first-order valence-electron chi connectivity index (χ1n) is 14.7. The quantitative estimate of drug-likeness (QED) is 0.213. The Balaban J connectivity index is 1.38. The Hall–Kier alpha value is -3.55. The summed E-state index contributed by atoms with van der Waals surface area (Å²) in [7, 11) is 0. The van der Waals surface area contributed by atoms with E-state index in [1.807, 2.05) is 25.7 Å². The Labute approximate surface area is 278 Å². The summed E-state index contributed by atoms with van der Waals surface area (Å²) in [4.78, 5) is 41.7. The van der Waals surface area contributed by atoms with E-state index in [9.17, 15) is 14.0 Å². The Morgan fingerprint density at radius 3 is 2.24 bits per heavy atom. The van der Waals surface area contributed by atoms with Crippen molar-refractivity contribution in [2.75, 3.05) is 23.3 Å². The van der Waals surface area contributed by atoms with Crippen molar-refractivity contribution in [3.05, 3.63) is 40.1 Å². The summed E-state index contributed by atoms with van der Waals surface area (Å²) >= 11 is 14.7. The fraction of sp³-hybridized carbons (Fsp3) is 0.452. The molecule has 4 aromatic rings. The molecule has 0 radical (unpaired) electrons. The molecule has 2 atom stereocenters. The van der Waals surface area contributed by atoms with E-state index in [0.29, 0.717) is 29.9 Å². The molecule has 2 aliphatic heterocycles. The van der Waals surface area contributed by atoms with Crippen LogP contribution >= 0.6 is 34.5 Å². The van der Waals surface area contributed by atoms with E-state index >= 15 is 4.39 Å². The maximum absolute atomic E-state index is 15.1. The number of hydrogen-bond acceptors (Lipinski definition) is 9. The van der Waals surface area contributed by atoms with Gasteiger partial charge in [0.1, 0.15) is 22.8 Å². The molecule has 2 aromatic carbocycles. The van der Waals surface area contributed by atoms with Crippen LogP contribution in [0.4, 0.5) is 29.3 Å². The Bertz CT molecular complexity index is 1880. The summed E-state index contributed by atoms with van der Waals surface area (Å²) < 4.78 is 41.1. The van der Waals surface area contributed by atoms with E-state index in [-0.39, 0.29) is 54.7 Å². The lowest BCUT2D eigenvalue weighted by Gasteiger charge is -2.42. The maximum Gasteiger partial charge on any atom is 0.413 e. The normalized spacial score (nSPS) is 18.4. The molecule has 2 unspecified atom stereocenters. The van der Waals surface area contributed by atoms with Gasteiger partial charge in [-0.1, -0.05) is 34.5 Å². The number of ether oxygens (including phenoxy) is 2. The number of piperazine rings is 1. The minimum absolute atomic E-state index is 0.0305. The van der Waals surface area contributed by atoms with Gasteiger partial charge in [-0.15, -0.1) is 0 Å². The topological polar surface area (TPSA) is 110 Å². The lowest BCUT2D eigenvalue weighted by Crippen LogP contribution is -2.57. The molecule has 1 N–H and O–H groups in total. The summed E-state index contributed by atoms with van der Waals surface area (Å²) in [5.41, 5.74) is -0.422. The molecule has 6 rings (SSSR count). The van der Waals surface area contributed by atoms with E-state index in [2.05, 4.69) is 20.3 Å². The highest BCUT2D eigenvalue weighted by Gasteiger charge is 2.45. The largest absolute Gasteiger partial charge is 0.444 e. The van der Waals surface area contributed by atoms with Crippen LogP contribution in [0.5, 0.6) is 0 Å². The van der Waals surface area contributed by atoms with Crippen LogP contribution < -0.4 is 10.2 Å². The van der Waals surface area contributed by atoms with Crippen molar-refractivity contribution in [1.82, 2.24) is 19.9 Å². The second-order valence-electron chi connectivity index (χ2n) is 13.4. The monoisotopic (exact) mass is 692 g/mol. The maximum atomic E-state index is 15.1. The van der Waals surface area contributed by atoms with E-state index in [0.717, 1.165) is 24.2 Å². The Morgan fingerprint density at radius 1 is 0.957 bits per heavy atom. The molecule has 2 fully saturated rings. The summed E-state index contributed by atoms with van der Waals surface area (Å²) in [6.07, 6.45) is -0.546. The minimum Gasteiger partial charge on any atom is -0.444 e. The molecular formula is C31H32Cl2F2N6O4S. The lowest BCUT2D eigenvalue weighted by atomic mass is 10.0. The molecule has 2 aromatic heterocycles. The Morgan fingerprint density at radius 2 is 1.61 bits per heavy atom. The van der Waals surface area contributed by atoms with Gasteiger partial charge in [0, 0.05) is 29.6 Å². The highest BCUT2D eigenvalue weighted by atomic mass is 35.5. The predicted octanol–water partition coefficient (Wildman–Crippen LogP) is 8.43. The second-order valence-corrected chi connectivity index (χ2v) is 15.1. The van der Waals surface area contributed by atoms with E-state index in [1.165, 1.54) is 12.1 Å². The molecule has 244 valence electrons. The number of hydrogen-bond donors (Lipinski definition) is 1. The van der Waals surface area contributed by atoms with Crippen molar-refractivity contribution < 1.29 is 27.8 Å². The molecule has 2 amide bonds. The van der Waals surface area contributed by atoms with Crippen LogP contribution in [0.15, 0.2) is 18.2 Å². The van der Waals surface area contributed by atoms with E-state index in [4.69, 9.17) is 32.7 Å². The molecular weight excluding hydrogens is 661 g/mol. The van der Waals surface area contributed by atoms with Crippen LogP contribution in [0.3, 0.4) is 0 Å². The third-order valence-corrected chi connectivity index (χ3v) is 9.24. The van der Waals surface area contributed by atoms with Crippen molar-refractivity contribution in [1.29, 1.82) is 0 Å². The van der Waals surface area contributed by atoms with Gasteiger partial charge in [0.25, 0.3) is 0 Å². The first-order valence-corrected chi connectivity index (χ1v) is 16.3. The van der Waals surface area contributed by atoms with Gasteiger partial charge in [-0.2, -0.15) is 9.37 Å². The van der Waals surface area contributed by atoms with Crippen molar-refractivity contribution in [3.63, 3.8) is 0 Å². The summed E-state index contributed by atoms with van der Waals surface area (Å²) in [6.45, 7) is 11.4. The highest BCUT2D eigenvalue weighted by Crippen LogP contribution is 2.46. The number of carbonyl (C=O) groups excluding carboxylic acids is 2. The first kappa shape index (κ1) is 32.4. The van der Waals surface area contributed by atoms with Crippen LogP contribution in [-0.4, -0.2) is 68.4 Å². The molecule has 2 bridgehead atoms. The van der Waals surface area contributed by atoms with Gasteiger partial charge in [0.05, 0.1) is 37.9 Å². The van der Waals surface area contributed by atoms with Crippen LogP contribution in [0.2, 0.25) is 10.0 Å². The summed E-state index contributed by atoms with van der Waals surface area (Å²) in [5, 5.41) is 3.30. The number of halogens is 4. The van der Waals surface area contributed by atoms with Crippen molar-refractivity contribution in [2.45, 2.75) is 77.7 Å². The highest BCUT2D eigenvalue weighted by molar-refractivity contribution is 7.22. The number of amides is 2. The zero-order chi connectivity index (χ0) is 33.3. The van der Waals surface area contributed by atoms with Crippen LogP contribution in [0.25, 0.3) is 32.2 Å². The standard InChI is InChI=1S/C31H32Cl2F2N6O4S/c1-30(2,3)44-28(42)39-27-37-23-16(9-10-19(34)24(23)46-27)20-18(32)11-17-22(21(20)33)36-26(35)38-25(17)40-12-14-7-8-15(13-40)41(14)29(43)45-31(4,5)6/h9-11,14-15H,7-8,12-13H2,1-6H3,(H,37,39,42). The number of fused-ring (bicyclic) bond motifs is 4. The number of carbonyl (C=O) groups is 2. The van der Waals surface area contributed by atoms with Gasteiger partial charge in [-0.3, -0.25) is 10.2 Å². The van der Waals surface area contributed by atoms with Crippen molar-refractivity contribution in [2.24, 2.45) is 0 Å². The second kappa shape index (κ2) is 11.6. The lowest BCUT2D eigenvalue weighted by molar-refractivity contribution is 0.0122. The van der Waals surface area contributed by atoms with Crippen LogP contribution in [0, 0.1) is 11.9 Å². The van der Waals surface area contributed by atoms with Crippen LogP contribution in [-0.2, 0) is 9.47 Å². The molecule has 0 spiro atoms. The summed E-state index contributed by atoms with van der Waals surface area (Å²) in [5.74, 6) is -0.252. The van der Waals surface area contributed by atoms with Crippen molar-refractivity contribution >= 4 is 78.8 Å². The van der Waals surface area contributed by atoms with Crippen molar-refractivity contribution in [3.8, 4) is 11.1 Å². The molecule has 0 saturated carbocycles. The fourth-order valence-corrected chi connectivity index (χ4v) is 7.54. The van der Waals surface area contributed by atoms with Gasteiger partial charge in [0.2, 0.25) is 0 Å². The van der Waals surface area contributed by atoms with Crippen LogP contribution in [0.1, 0.15) is 54.4 Å². The third kappa shape index (κ3) is 6.24. The predicted molar refractivity (Wildman–Crippen MR) is 175 cm³/mol. The molecule has 2 aliphatic rings. The number of nitrogens with one attached hydrogen (secondary N) is 1. The zero-order valence-electron chi connectivity index (χ0n) is 26.0. The third-order valence-electron chi connectivity index (χ3n) is 7.59. The molecule has 4 heterocycles.